The van der Waals surface area contributed by atoms with Crippen LogP contribution in [0.2, 0.25) is 0 Å². The first-order valence-electron chi connectivity index (χ1n) is 7.83. The molecule has 0 unspecified atom stereocenters. The zero-order valence-electron chi connectivity index (χ0n) is 13.9. The van der Waals surface area contributed by atoms with E-state index in [0.29, 0.717) is 11.1 Å². The summed E-state index contributed by atoms with van der Waals surface area (Å²) in [7, 11) is 0. The van der Waals surface area contributed by atoms with Crippen LogP contribution in [0.25, 0.3) is 22.3 Å². The average Bonchev–Trinajstić information content (AvgIpc) is 3.01. The molecular formula is C19H16N2O5. The van der Waals surface area contributed by atoms with Crippen molar-refractivity contribution in [1.82, 2.24) is 10.1 Å². The van der Waals surface area contributed by atoms with E-state index in [4.69, 9.17) is 9.63 Å². The SMILES string of the molecule is CC(=O)NCn1cc(-c2ccc(-c3ccc(C(=O)O)cc3)cc2)c(=O)o1. The maximum atomic E-state index is 12.0. The third kappa shape index (κ3) is 3.72. The van der Waals surface area contributed by atoms with Crippen molar-refractivity contribution in [1.29, 1.82) is 0 Å². The summed E-state index contributed by atoms with van der Waals surface area (Å²) >= 11 is 0. The second-order valence-corrected chi connectivity index (χ2v) is 5.69. The number of aromatic carboxylic acids is 1. The summed E-state index contributed by atoms with van der Waals surface area (Å²) in [6.45, 7) is 1.46. The molecule has 7 nitrogen and oxygen atoms in total. The summed E-state index contributed by atoms with van der Waals surface area (Å²) in [6, 6.07) is 13.8. The molecule has 0 saturated heterocycles. The Bertz CT molecular complexity index is 998. The van der Waals surface area contributed by atoms with Gasteiger partial charge in [0.25, 0.3) is 0 Å². The van der Waals surface area contributed by atoms with Crippen LogP contribution >= 0.6 is 0 Å². The van der Waals surface area contributed by atoms with Crippen LogP contribution in [0.3, 0.4) is 0 Å². The fourth-order valence-corrected chi connectivity index (χ4v) is 2.49. The molecular weight excluding hydrogens is 336 g/mol. The molecule has 0 aliphatic carbocycles. The van der Waals surface area contributed by atoms with Gasteiger partial charge in [0.1, 0.15) is 6.67 Å². The standard InChI is InChI=1S/C19H16N2O5/c1-12(22)20-11-21-10-17(19(25)26-21)15-6-2-13(3-7-15)14-4-8-16(9-5-14)18(23)24/h2-10H,11H2,1H3,(H,20,22)(H,23,24). The lowest BCUT2D eigenvalue weighted by molar-refractivity contribution is -0.119. The van der Waals surface area contributed by atoms with Crippen molar-refractivity contribution < 1.29 is 19.2 Å². The highest BCUT2D eigenvalue weighted by molar-refractivity contribution is 5.88. The van der Waals surface area contributed by atoms with Crippen LogP contribution < -0.4 is 10.9 Å². The van der Waals surface area contributed by atoms with Gasteiger partial charge in [-0.25, -0.2) is 9.59 Å². The largest absolute Gasteiger partial charge is 0.478 e. The number of hydrogen-bond acceptors (Lipinski definition) is 4. The molecule has 1 amide bonds. The molecule has 132 valence electrons. The fraction of sp³-hybridized carbons (Fsp3) is 0.105. The zero-order chi connectivity index (χ0) is 18.7. The molecule has 1 heterocycles. The van der Waals surface area contributed by atoms with Crippen LogP contribution in [0.4, 0.5) is 0 Å². The molecule has 3 aromatic rings. The lowest BCUT2D eigenvalue weighted by Gasteiger charge is -2.04. The van der Waals surface area contributed by atoms with Crippen LogP contribution in [0.15, 0.2) is 64.0 Å². The highest BCUT2D eigenvalue weighted by Crippen LogP contribution is 2.24. The van der Waals surface area contributed by atoms with Gasteiger partial charge in [0, 0.05) is 6.92 Å². The molecule has 3 rings (SSSR count). The third-order valence-electron chi connectivity index (χ3n) is 3.84. The lowest BCUT2D eigenvalue weighted by Crippen LogP contribution is -2.22. The summed E-state index contributed by atoms with van der Waals surface area (Å²) in [6.07, 6.45) is 1.54. The maximum Gasteiger partial charge on any atom is 0.365 e. The quantitative estimate of drug-likeness (QED) is 0.735. The van der Waals surface area contributed by atoms with Gasteiger partial charge in [-0.3, -0.25) is 4.79 Å². The third-order valence-corrected chi connectivity index (χ3v) is 3.84. The number of carboxylic acids is 1. The topological polar surface area (TPSA) is 102 Å². The van der Waals surface area contributed by atoms with Crippen LogP contribution in [0.1, 0.15) is 17.3 Å². The number of amides is 1. The van der Waals surface area contributed by atoms with Gasteiger partial charge in [0.2, 0.25) is 5.91 Å². The molecule has 26 heavy (non-hydrogen) atoms. The van der Waals surface area contributed by atoms with Crippen molar-refractivity contribution >= 4 is 11.9 Å². The molecule has 0 fully saturated rings. The Morgan fingerprint density at radius 1 is 1.00 bits per heavy atom. The summed E-state index contributed by atoms with van der Waals surface area (Å²) in [5.41, 5.74) is 2.58. The number of carboxylic acid groups (broad SMARTS) is 1. The molecule has 0 atom stereocenters. The van der Waals surface area contributed by atoms with Gasteiger partial charge in [-0.1, -0.05) is 36.4 Å². The van der Waals surface area contributed by atoms with Gasteiger partial charge in [-0.05, 0) is 28.8 Å². The highest BCUT2D eigenvalue weighted by Gasteiger charge is 2.10. The molecule has 0 radical (unpaired) electrons. The molecule has 7 heteroatoms. The molecule has 0 spiro atoms. The molecule has 2 N–H and O–H groups in total. The molecule has 0 aliphatic heterocycles. The van der Waals surface area contributed by atoms with Crippen LogP contribution in [-0.4, -0.2) is 21.7 Å². The number of carbonyl (C=O) groups is 2. The van der Waals surface area contributed by atoms with Crippen molar-refractivity contribution in [2.75, 3.05) is 0 Å². The first kappa shape index (κ1) is 17.2. The Labute approximate surface area is 148 Å². The van der Waals surface area contributed by atoms with Gasteiger partial charge in [-0.2, -0.15) is 4.74 Å². The van der Waals surface area contributed by atoms with Gasteiger partial charge < -0.3 is 14.9 Å². The van der Waals surface area contributed by atoms with Gasteiger partial charge in [0.15, 0.2) is 0 Å². The van der Waals surface area contributed by atoms with E-state index in [1.54, 1.807) is 36.4 Å². The zero-order valence-corrected chi connectivity index (χ0v) is 13.9. The van der Waals surface area contributed by atoms with E-state index >= 15 is 0 Å². The Morgan fingerprint density at radius 3 is 2.08 bits per heavy atom. The first-order valence-corrected chi connectivity index (χ1v) is 7.83. The van der Waals surface area contributed by atoms with E-state index < -0.39 is 11.6 Å². The fourth-order valence-electron chi connectivity index (χ4n) is 2.49. The van der Waals surface area contributed by atoms with Gasteiger partial charge in [0.05, 0.1) is 17.3 Å². The summed E-state index contributed by atoms with van der Waals surface area (Å²) in [4.78, 5) is 33.8. The van der Waals surface area contributed by atoms with Gasteiger partial charge in [-0.15, -0.1) is 0 Å². The average molecular weight is 352 g/mol. The number of rotatable bonds is 5. The summed E-state index contributed by atoms with van der Waals surface area (Å²) in [5, 5.41) is 11.5. The van der Waals surface area contributed by atoms with Crippen LogP contribution in [0, 0.1) is 0 Å². The van der Waals surface area contributed by atoms with Gasteiger partial charge >= 0.3 is 11.6 Å². The monoisotopic (exact) mass is 352 g/mol. The second-order valence-electron chi connectivity index (χ2n) is 5.69. The minimum Gasteiger partial charge on any atom is -0.478 e. The number of nitrogens with one attached hydrogen (secondary N) is 1. The van der Waals surface area contributed by atoms with Crippen molar-refractivity contribution in [3.63, 3.8) is 0 Å². The van der Waals surface area contributed by atoms with Crippen LogP contribution in [-0.2, 0) is 11.5 Å². The normalized spacial score (nSPS) is 10.5. The predicted molar refractivity (Wildman–Crippen MR) is 94.6 cm³/mol. The van der Waals surface area contributed by atoms with E-state index in [1.165, 1.54) is 17.9 Å². The number of hydrogen-bond donors (Lipinski definition) is 2. The predicted octanol–water partition coefficient (Wildman–Crippen LogP) is 2.57. The maximum absolute atomic E-state index is 12.0. The molecule has 0 saturated carbocycles. The summed E-state index contributed by atoms with van der Waals surface area (Å²) < 4.78 is 6.32. The minimum absolute atomic E-state index is 0.0819. The number of carbonyl (C=O) groups excluding carboxylic acids is 1. The lowest BCUT2D eigenvalue weighted by atomic mass is 10.0. The second kappa shape index (κ2) is 7.10. The van der Waals surface area contributed by atoms with Crippen molar-refractivity contribution in [2.45, 2.75) is 13.6 Å². The van der Waals surface area contributed by atoms with Crippen LogP contribution in [0.5, 0.6) is 0 Å². The summed E-state index contributed by atoms with van der Waals surface area (Å²) in [5.74, 6) is -1.19. The Hall–Kier alpha value is -3.61. The molecule has 1 aromatic heterocycles. The van der Waals surface area contributed by atoms with E-state index in [1.807, 2.05) is 12.1 Å². The number of nitrogens with zero attached hydrogens (tertiary/aromatic N) is 1. The van der Waals surface area contributed by atoms with E-state index in [9.17, 15) is 14.4 Å². The Balaban J connectivity index is 1.82. The number of aromatic nitrogens is 1. The number of benzene rings is 2. The first-order chi connectivity index (χ1) is 12.4. The van der Waals surface area contributed by atoms with Crippen molar-refractivity contribution in [3.8, 4) is 22.3 Å². The van der Waals surface area contributed by atoms with Crippen molar-refractivity contribution in [2.24, 2.45) is 0 Å². The van der Waals surface area contributed by atoms with Crippen molar-refractivity contribution in [3.05, 3.63) is 70.7 Å². The Morgan fingerprint density at radius 2 is 1.54 bits per heavy atom. The Kier molecular flexibility index (Phi) is 4.70. The molecule has 0 bridgehead atoms. The minimum atomic E-state index is -0.970. The van der Waals surface area contributed by atoms with E-state index in [2.05, 4.69) is 5.32 Å². The molecule has 2 aromatic carbocycles. The van der Waals surface area contributed by atoms with E-state index in [-0.39, 0.29) is 18.1 Å². The highest BCUT2D eigenvalue weighted by atomic mass is 16.5. The van der Waals surface area contributed by atoms with E-state index in [0.717, 1.165) is 11.1 Å². The smallest absolute Gasteiger partial charge is 0.365 e. The molecule has 0 aliphatic rings.